The molecule has 1 N–H and O–H groups in total. The van der Waals surface area contributed by atoms with Crippen molar-refractivity contribution in [2.45, 2.75) is 32.7 Å². The highest BCUT2D eigenvalue weighted by molar-refractivity contribution is 5.92. The van der Waals surface area contributed by atoms with Crippen LogP contribution < -0.4 is 9.80 Å². The molecule has 1 unspecified atom stereocenters. The lowest BCUT2D eigenvalue weighted by Gasteiger charge is -2.47. The number of hydrogen-bond acceptors (Lipinski definition) is 3. The van der Waals surface area contributed by atoms with Crippen molar-refractivity contribution < 1.29 is 9.53 Å². The van der Waals surface area contributed by atoms with Gasteiger partial charge >= 0.3 is 5.97 Å². The van der Waals surface area contributed by atoms with E-state index in [2.05, 4.69) is 39.3 Å². The lowest BCUT2D eigenvalue weighted by Crippen LogP contribution is -2.56. The van der Waals surface area contributed by atoms with E-state index in [4.69, 9.17) is 4.74 Å². The number of nitrogens with zero attached hydrogens (tertiary/aromatic N) is 1. The Balaban J connectivity index is 2.09. The number of likely N-dealkylation sites (N-methyl/N-ethyl adjacent to an activating group) is 1. The Morgan fingerprint density at radius 2 is 2.09 bits per heavy atom. The Morgan fingerprint density at radius 3 is 2.77 bits per heavy atom. The summed E-state index contributed by atoms with van der Waals surface area (Å²) in [6, 6.07) is 6.25. The van der Waals surface area contributed by atoms with Gasteiger partial charge in [0.2, 0.25) is 0 Å². The molecular formula is C18H25N2O2+. The van der Waals surface area contributed by atoms with Crippen LogP contribution in [0.15, 0.2) is 30.0 Å². The summed E-state index contributed by atoms with van der Waals surface area (Å²) in [7, 11) is 5.90. The second-order valence-electron chi connectivity index (χ2n) is 7.53. The van der Waals surface area contributed by atoms with Gasteiger partial charge in [-0.05, 0) is 24.0 Å². The van der Waals surface area contributed by atoms with Crippen molar-refractivity contribution in [1.82, 2.24) is 4.48 Å². The highest BCUT2D eigenvalue weighted by atomic mass is 16.5. The van der Waals surface area contributed by atoms with Gasteiger partial charge in [-0.25, -0.2) is 4.79 Å². The van der Waals surface area contributed by atoms with Crippen molar-refractivity contribution >= 4 is 17.3 Å². The highest BCUT2D eigenvalue weighted by Gasteiger charge is 2.43. The number of fused-ring (bicyclic) bond motifs is 2. The Bertz CT molecular complexity index is 659. The van der Waals surface area contributed by atoms with Crippen LogP contribution in [0.25, 0.3) is 0 Å². The van der Waals surface area contributed by atoms with Crippen LogP contribution in [0.2, 0.25) is 0 Å². The lowest BCUT2D eigenvalue weighted by molar-refractivity contribution is 0.0600. The maximum atomic E-state index is 11.8. The number of benzene rings is 1. The monoisotopic (exact) mass is 301 g/mol. The van der Waals surface area contributed by atoms with Crippen LogP contribution in [0.5, 0.6) is 0 Å². The molecule has 1 aliphatic heterocycles. The molecule has 118 valence electrons. The molecule has 4 nitrogen and oxygen atoms in total. The number of anilines is 1. The second-order valence-corrected chi connectivity index (χ2v) is 7.53. The SMILES string of the molecule is COC(=O)c1ccc2c(c1)NC1=CC(C)(C)CCC1[N+]2(C)C. The van der Waals surface area contributed by atoms with E-state index in [1.54, 1.807) is 0 Å². The predicted octanol–water partition coefficient (Wildman–Crippen LogP) is 3.54. The summed E-state index contributed by atoms with van der Waals surface area (Å²) in [5, 5.41) is 3.57. The lowest BCUT2D eigenvalue weighted by atomic mass is 9.77. The normalized spacial score (nSPS) is 24.4. The minimum absolute atomic E-state index is 0.219. The van der Waals surface area contributed by atoms with E-state index in [0.29, 0.717) is 11.6 Å². The van der Waals surface area contributed by atoms with E-state index in [0.717, 1.165) is 16.6 Å². The van der Waals surface area contributed by atoms with Gasteiger partial charge in [0, 0.05) is 12.5 Å². The molecule has 0 bridgehead atoms. The van der Waals surface area contributed by atoms with Crippen molar-refractivity contribution in [2.24, 2.45) is 5.41 Å². The van der Waals surface area contributed by atoms with Gasteiger partial charge < -0.3 is 10.1 Å². The number of hydrogen-bond donors (Lipinski definition) is 1. The molecule has 3 rings (SSSR count). The van der Waals surface area contributed by atoms with Crippen LogP contribution in [0.1, 0.15) is 37.0 Å². The number of carbonyl (C=O) groups is 1. The molecule has 1 aliphatic carbocycles. The first kappa shape index (κ1) is 15.1. The molecule has 0 amide bonds. The van der Waals surface area contributed by atoms with E-state index in [1.807, 2.05) is 18.2 Å². The molecule has 1 heterocycles. The molecule has 0 saturated heterocycles. The van der Waals surface area contributed by atoms with Crippen LogP contribution >= 0.6 is 0 Å². The number of rotatable bonds is 1. The summed E-state index contributed by atoms with van der Waals surface area (Å²) in [6.07, 6.45) is 4.71. The summed E-state index contributed by atoms with van der Waals surface area (Å²) in [5.74, 6) is -0.296. The van der Waals surface area contributed by atoms with Gasteiger partial charge in [0.15, 0.2) is 5.69 Å². The molecule has 0 aromatic heterocycles. The first-order valence-corrected chi connectivity index (χ1v) is 7.81. The molecule has 1 atom stereocenters. The van der Waals surface area contributed by atoms with Crippen LogP contribution in [-0.4, -0.2) is 33.2 Å². The number of methoxy groups -OCH3 is 1. The minimum Gasteiger partial charge on any atom is -0.465 e. The molecule has 1 aromatic rings. The molecule has 22 heavy (non-hydrogen) atoms. The molecule has 0 saturated carbocycles. The molecule has 0 spiro atoms. The topological polar surface area (TPSA) is 38.3 Å². The van der Waals surface area contributed by atoms with Gasteiger partial charge in [-0.1, -0.05) is 19.9 Å². The zero-order valence-electron chi connectivity index (χ0n) is 14.1. The number of quaternary nitrogens is 1. The smallest absolute Gasteiger partial charge is 0.337 e. The molecular weight excluding hydrogens is 276 g/mol. The zero-order chi connectivity index (χ0) is 16.1. The zero-order valence-corrected chi connectivity index (χ0v) is 14.1. The fraction of sp³-hybridized carbons (Fsp3) is 0.500. The summed E-state index contributed by atoms with van der Waals surface area (Å²) < 4.78 is 5.64. The minimum atomic E-state index is -0.296. The second kappa shape index (κ2) is 4.85. The maximum Gasteiger partial charge on any atom is 0.337 e. The maximum absolute atomic E-state index is 11.8. The third-order valence-corrected chi connectivity index (χ3v) is 5.06. The van der Waals surface area contributed by atoms with Gasteiger partial charge in [-0.3, -0.25) is 4.48 Å². The van der Waals surface area contributed by atoms with E-state index >= 15 is 0 Å². The molecule has 0 fully saturated rings. The van der Waals surface area contributed by atoms with Crippen LogP contribution in [0.3, 0.4) is 0 Å². The van der Waals surface area contributed by atoms with Crippen LogP contribution in [0, 0.1) is 5.41 Å². The highest BCUT2D eigenvalue weighted by Crippen LogP contribution is 2.45. The largest absolute Gasteiger partial charge is 0.465 e. The predicted molar refractivity (Wildman–Crippen MR) is 89.9 cm³/mol. The third kappa shape index (κ3) is 2.31. The van der Waals surface area contributed by atoms with E-state index < -0.39 is 0 Å². The van der Waals surface area contributed by atoms with Crippen LogP contribution in [-0.2, 0) is 4.74 Å². The van der Waals surface area contributed by atoms with Crippen molar-refractivity contribution in [2.75, 3.05) is 26.5 Å². The molecule has 1 aromatic carbocycles. The summed E-state index contributed by atoms with van der Waals surface area (Å²) in [6.45, 7) is 4.55. The number of nitrogens with one attached hydrogen (secondary N) is 1. The Hall–Kier alpha value is -1.81. The standard InChI is InChI=1S/C18H25N2O2/c1-18(2)9-8-16-14(11-18)19-13-10-12(17(21)22-5)6-7-15(13)20(16,3)4/h6-7,10-11,16,19H,8-9H2,1-5H3/q+1. The Morgan fingerprint density at radius 1 is 1.36 bits per heavy atom. The van der Waals surface area contributed by atoms with Crippen molar-refractivity contribution in [3.8, 4) is 0 Å². The number of carbonyl (C=O) groups excluding carboxylic acids is 1. The molecule has 4 heteroatoms. The third-order valence-electron chi connectivity index (χ3n) is 5.06. The summed E-state index contributed by atoms with van der Waals surface area (Å²) in [5.41, 5.74) is 4.30. The Labute approximate surface area is 132 Å². The fourth-order valence-corrected chi connectivity index (χ4v) is 3.75. The first-order valence-electron chi connectivity index (χ1n) is 7.81. The average molecular weight is 301 g/mol. The van der Waals surface area contributed by atoms with E-state index in [-0.39, 0.29) is 11.4 Å². The molecule has 2 aliphatic rings. The number of ether oxygens (including phenoxy) is 1. The van der Waals surface area contributed by atoms with Gasteiger partial charge in [0.1, 0.15) is 11.7 Å². The Kier molecular flexibility index (Phi) is 3.33. The summed E-state index contributed by atoms with van der Waals surface area (Å²) in [4.78, 5) is 11.8. The average Bonchev–Trinajstić information content (AvgIpc) is 2.44. The molecule has 0 radical (unpaired) electrons. The van der Waals surface area contributed by atoms with Crippen molar-refractivity contribution in [3.05, 3.63) is 35.5 Å². The van der Waals surface area contributed by atoms with Crippen molar-refractivity contribution in [3.63, 3.8) is 0 Å². The number of allylic oxidation sites excluding steroid dienone is 1. The van der Waals surface area contributed by atoms with Gasteiger partial charge in [0.05, 0.1) is 32.5 Å². The summed E-state index contributed by atoms with van der Waals surface area (Å²) >= 11 is 0. The fourth-order valence-electron chi connectivity index (χ4n) is 3.75. The van der Waals surface area contributed by atoms with Crippen molar-refractivity contribution in [1.29, 1.82) is 0 Å². The first-order chi connectivity index (χ1) is 10.2. The van der Waals surface area contributed by atoms with Gasteiger partial charge in [-0.2, -0.15) is 0 Å². The van der Waals surface area contributed by atoms with Gasteiger partial charge in [0.25, 0.3) is 0 Å². The quantitative estimate of drug-likeness (QED) is 0.637. The van der Waals surface area contributed by atoms with Gasteiger partial charge in [-0.15, -0.1) is 0 Å². The van der Waals surface area contributed by atoms with Crippen LogP contribution in [0.4, 0.5) is 11.4 Å². The number of esters is 1. The van der Waals surface area contributed by atoms with E-state index in [1.165, 1.54) is 24.9 Å². The van der Waals surface area contributed by atoms with E-state index in [9.17, 15) is 4.79 Å².